The first kappa shape index (κ1) is 18.7. The molecule has 2 heterocycles. The van der Waals surface area contributed by atoms with Crippen LogP contribution in [0.3, 0.4) is 0 Å². The number of carbonyl (C=O) groups is 2. The van der Waals surface area contributed by atoms with Gasteiger partial charge in [0.2, 0.25) is 11.8 Å². The van der Waals surface area contributed by atoms with Crippen LogP contribution in [0, 0.1) is 5.92 Å². The zero-order chi connectivity index (χ0) is 18.4. The van der Waals surface area contributed by atoms with Gasteiger partial charge in [-0.1, -0.05) is 12.1 Å². The van der Waals surface area contributed by atoms with Crippen molar-refractivity contribution >= 4 is 11.8 Å². The second-order valence-electron chi connectivity index (χ2n) is 7.38. The van der Waals surface area contributed by atoms with Crippen molar-refractivity contribution in [1.82, 2.24) is 10.2 Å². The highest BCUT2D eigenvalue weighted by atomic mass is 16.5. The molecular weight excluding hydrogens is 330 g/mol. The Hall–Kier alpha value is -2.08. The number of methoxy groups -OCH3 is 1. The van der Waals surface area contributed by atoms with E-state index in [1.807, 2.05) is 24.3 Å². The summed E-state index contributed by atoms with van der Waals surface area (Å²) in [5.41, 5.74) is 1.05. The molecule has 2 N–H and O–H groups in total. The van der Waals surface area contributed by atoms with Gasteiger partial charge in [-0.3, -0.25) is 9.59 Å². The number of carbonyl (C=O) groups excluding carboxylic acids is 2. The van der Waals surface area contributed by atoms with Crippen molar-refractivity contribution in [3.63, 3.8) is 0 Å². The number of benzene rings is 1. The summed E-state index contributed by atoms with van der Waals surface area (Å²) in [5.74, 6) is 0.656. The molecule has 0 bridgehead atoms. The molecule has 2 fully saturated rings. The Morgan fingerprint density at radius 1 is 1.27 bits per heavy atom. The summed E-state index contributed by atoms with van der Waals surface area (Å²) in [6, 6.07) is 7.70. The molecule has 2 amide bonds. The molecule has 0 radical (unpaired) electrons. The van der Waals surface area contributed by atoms with E-state index in [0.717, 1.165) is 24.3 Å². The molecule has 142 valence electrons. The van der Waals surface area contributed by atoms with Gasteiger partial charge in [0, 0.05) is 45.3 Å². The maximum atomic E-state index is 12.4. The number of rotatable bonds is 8. The van der Waals surface area contributed by atoms with Gasteiger partial charge in [0.1, 0.15) is 5.75 Å². The molecule has 0 saturated carbocycles. The number of nitrogens with zero attached hydrogens (tertiary/aromatic N) is 1. The number of quaternary nitrogens is 1. The van der Waals surface area contributed by atoms with Crippen LogP contribution >= 0.6 is 0 Å². The van der Waals surface area contributed by atoms with Crippen molar-refractivity contribution in [2.45, 2.75) is 32.2 Å². The predicted molar refractivity (Wildman–Crippen MR) is 98.9 cm³/mol. The van der Waals surface area contributed by atoms with Crippen LogP contribution in [0.15, 0.2) is 24.3 Å². The zero-order valence-corrected chi connectivity index (χ0v) is 15.6. The van der Waals surface area contributed by atoms with Gasteiger partial charge in [-0.2, -0.15) is 0 Å². The molecule has 1 aromatic carbocycles. The average Bonchev–Trinajstić information content (AvgIpc) is 3.29. The van der Waals surface area contributed by atoms with Crippen LogP contribution in [0.25, 0.3) is 0 Å². The van der Waals surface area contributed by atoms with Crippen LogP contribution < -0.4 is 15.0 Å². The number of amides is 2. The third-order valence-corrected chi connectivity index (χ3v) is 5.43. The molecule has 2 saturated heterocycles. The lowest BCUT2D eigenvalue weighted by atomic mass is 10.1. The van der Waals surface area contributed by atoms with Gasteiger partial charge in [0.15, 0.2) is 0 Å². The first-order valence-electron chi connectivity index (χ1n) is 9.67. The monoisotopic (exact) mass is 360 g/mol. The number of hydrogen-bond donors (Lipinski definition) is 2. The topological polar surface area (TPSA) is 63.1 Å². The summed E-state index contributed by atoms with van der Waals surface area (Å²) < 4.78 is 5.15. The van der Waals surface area contributed by atoms with Gasteiger partial charge in [0.05, 0.1) is 32.7 Å². The lowest BCUT2D eigenvalue weighted by Gasteiger charge is -2.17. The second kappa shape index (κ2) is 9.03. The standard InChI is InChI=1S/C20H29N3O3/c1-26-18-7-5-16(6-8-18)14-23-15-17(13-19(23)24)20(25)21-9-4-12-22-10-2-3-11-22/h5-8,17H,2-4,9-15H2,1H3,(H,21,25)/p+1. The van der Waals surface area contributed by atoms with E-state index in [1.165, 1.54) is 25.9 Å². The van der Waals surface area contributed by atoms with E-state index in [2.05, 4.69) is 5.32 Å². The number of nitrogens with one attached hydrogen (secondary N) is 2. The van der Waals surface area contributed by atoms with Crippen molar-refractivity contribution in [1.29, 1.82) is 0 Å². The molecule has 6 heteroatoms. The highest BCUT2D eigenvalue weighted by Gasteiger charge is 2.34. The molecule has 2 aliphatic rings. The van der Waals surface area contributed by atoms with Crippen molar-refractivity contribution < 1.29 is 19.2 Å². The Morgan fingerprint density at radius 2 is 2.00 bits per heavy atom. The van der Waals surface area contributed by atoms with Crippen LogP contribution in [0.1, 0.15) is 31.2 Å². The fourth-order valence-corrected chi connectivity index (χ4v) is 3.87. The largest absolute Gasteiger partial charge is 0.497 e. The minimum Gasteiger partial charge on any atom is -0.497 e. The van der Waals surface area contributed by atoms with E-state index in [1.54, 1.807) is 16.9 Å². The van der Waals surface area contributed by atoms with Crippen molar-refractivity contribution in [3.8, 4) is 5.75 Å². The molecule has 1 unspecified atom stereocenters. The highest BCUT2D eigenvalue weighted by Crippen LogP contribution is 2.21. The molecule has 0 spiro atoms. The van der Waals surface area contributed by atoms with E-state index in [0.29, 0.717) is 26.1 Å². The molecular formula is C20H30N3O3+. The fourth-order valence-electron chi connectivity index (χ4n) is 3.87. The van der Waals surface area contributed by atoms with Crippen LogP contribution in [-0.4, -0.2) is 56.5 Å². The summed E-state index contributed by atoms with van der Waals surface area (Å²) in [4.78, 5) is 28.0. The number of hydrogen-bond acceptors (Lipinski definition) is 3. The van der Waals surface area contributed by atoms with Crippen molar-refractivity contribution in [2.75, 3.05) is 39.8 Å². The van der Waals surface area contributed by atoms with Crippen LogP contribution in [-0.2, 0) is 16.1 Å². The summed E-state index contributed by atoms with van der Waals surface area (Å²) >= 11 is 0. The fraction of sp³-hybridized carbons (Fsp3) is 0.600. The summed E-state index contributed by atoms with van der Waals surface area (Å²) in [6.45, 7) is 5.44. The van der Waals surface area contributed by atoms with Crippen LogP contribution in [0.5, 0.6) is 5.75 Å². The minimum atomic E-state index is -0.222. The Morgan fingerprint density at radius 3 is 2.69 bits per heavy atom. The summed E-state index contributed by atoms with van der Waals surface area (Å²) in [6.07, 6.45) is 3.99. The third kappa shape index (κ3) is 4.97. The van der Waals surface area contributed by atoms with E-state index < -0.39 is 0 Å². The number of likely N-dealkylation sites (tertiary alicyclic amines) is 2. The summed E-state index contributed by atoms with van der Waals surface area (Å²) in [7, 11) is 1.63. The lowest BCUT2D eigenvalue weighted by molar-refractivity contribution is -0.887. The Labute approximate surface area is 155 Å². The first-order valence-corrected chi connectivity index (χ1v) is 9.67. The second-order valence-corrected chi connectivity index (χ2v) is 7.38. The zero-order valence-electron chi connectivity index (χ0n) is 15.6. The molecule has 0 aliphatic carbocycles. The van der Waals surface area contributed by atoms with Crippen molar-refractivity contribution in [2.24, 2.45) is 5.92 Å². The van der Waals surface area contributed by atoms with Gasteiger partial charge < -0.3 is 19.9 Å². The van der Waals surface area contributed by atoms with E-state index in [-0.39, 0.29) is 17.7 Å². The summed E-state index contributed by atoms with van der Waals surface area (Å²) in [5, 5.41) is 3.02. The molecule has 6 nitrogen and oxygen atoms in total. The van der Waals surface area contributed by atoms with Gasteiger partial charge >= 0.3 is 0 Å². The Bertz CT molecular complexity index is 611. The van der Waals surface area contributed by atoms with Crippen LogP contribution in [0.2, 0.25) is 0 Å². The highest BCUT2D eigenvalue weighted by molar-refractivity contribution is 5.89. The number of ether oxygens (including phenoxy) is 1. The molecule has 1 atom stereocenters. The Kier molecular flexibility index (Phi) is 6.50. The SMILES string of the molecule is COc1ccc(CN2CC(C(=O)NCCC[NH+]3CCCC3)CC2=O)cc1. The quantitative estimate of drug-likeness (QED) is 0.653. The molecule has 0 aromatic heterocycles. The maximum absolute atomic E-state index is 12.4. The maximum Gasteiger partial charge on any atom is 0.225 e. The molecule has 3 rings (SSSR count). The van der Waals surface area contributed by atoms with Gasteiger partial charge in [-0.05, 0) is 17.7 Å². The molecule has 1 aromatic rings. The van der Waals surface area contributed by atoms with E-state index in [4.69, 9.17) is 4.74 Å². The van der Waals surface area contributed by atoms with Gasteiger partial charge in [0.25, 0.3) is 0 Å². The normalized spacial score (nSPS) is 20.6. The van der Waals surface area contributed by atoms with Gasteiger partial charge in [-0.15, -0.1) is 0 Å². The van der Waals surface area contributed by atoms with Crippen molar-refractivity contribution in [3.05, 3.63) is 29.8 Å². The smallest absolute Gasteiger partial charge is 0.225 e. The first-order chi connectivity index (χ1) is 12.7. The van der Waals surface area contributed by atoms with Crippen LogP contribution in [0.4, 0.5) is 0 Å². The Balaban J connectivity index is 1.40. The van der Waals surface area contributed by atoms with Gasteiger partial charge in [-0.25, -0.2) is 0 Å². The minimum absolute atomic E-state index is 0.0204. The molecule has 2 aliphatic heterocycles. The third-order valence-electron chi connectivity index (χ3n) is 5.43. The van der Waals surface area contributed by atoms with E-state index >= 15 is 0 Å². The predicted octanol–water partition coefficient (Wildman–Crippen LogP) is 0.229. The van der Waals surface area contributed by atoms with E-state index in [9.17, 15) is 9.59 Å². The molecule has 26 heavy (non-hydrogen) atoms. The lowest BCUT2D eigenvalue weighted by Crippen LogP contribution is -3.10. The average molecular weight is 360 g/mol.